The van der Waals surface area contributed by atoms with Crippen LogP contribution in [0.1, 0.15) is 31.7 Å². The van der Waals surface area contributed by atoms with Gasteiger partial charge in [0.25, 0.3) is 0 Å². The summed E-state index contributed by atoms with van der Waals surface area (Å²) in [5.74, 6) is 0.387. The summed E-state index contributed by atoms with van der Waals surface area (Å²) in [6.07, 6.45) is 7.50. The van der Waals surface area contributed by atoms with Gasteiger partial charge in [-0.2, -0.15) is 5.10 Å². The highest BCUT2D eigenvalue weighted by Gasteiger charge is 2.30. The largest absolute Gasteiger partial charge is 0.341 e. The predicted octanol–water partition coefficient (Wildman–Crippen LogP) is 0.508. The number of aromatic nitrogens is 2. The number of rotatable bonds is 4. The van der Waals surface area contributed by atoms with Gasteiger partial charge in [-0.1, -0.05) is 0 Å². The first kappa shape index (κ1) is 17.9. The van der Waals surface area contributed by atoms with Gasteiger partial charge in [-0.15, -0.1) is 0 Å². The molecule has 7 heteroatoms. The first-order valence-corrected chi connectivity index (χ1v) is 9.33. The van der Waals surface area contributed by atoms with E-state index in [2.05, 4.69) is 10.00 Å². The van der Waals surface area contributed by atoms with Crippen LogP contribution in [0.4, 0.5) is 0 Å². The lowest BCUT2D eigenvalue weighted by atomic mass is 10.1. The van der Waals surface area contributed by atoms with Crippen molar-refractivity contribution < 1.29 is 9.59 Å². The van der Waals surface area contributed by atoms with Crippen LogP contribution >= 0.6 is 0 Å². The number of piperidine rings is 1. The zero-order valence-electron chi connectivity index (χ0n) is 15.4. The highest BCUT2D eigenvalue weighted by atomic mass is 16.2. The van der Waals surface area contributed by atoms with Gasteiger partial charge < -0.3 is 9.80 Å². The average Bonchev–Trinajstić information content (AvgIpc) is 3.06. The summed E-state index contributed by atoms with van der Waals surface area (Å²) in [6, 6.07) is -0.0892. The van der Waals surface area contributed by atoms with Gasteiger partial charge in [0.05, 0.1) is 18.7 Å². The van der Waals surface area contributed by atoms with E-state index in [-0.39, 0.29) is 17.9 Å². The van der Waals surface area contributed by atoms with E-state index in [1.165, 1.54) is 6.42 Å². The van der Waals surface area contributed by atoms with Gasteiger partial charge in [0.2, 0.25) is 11.8 Å². The van der Waals surface area contributed by atoms with Crippen LogP contribution < -0.4 is 0 Å². The lowest BCUT2D eigenvalue weighted by molar-refractivity contribution is -0.139. The summed E-state index contributed by atoms with van der Waals surface area (Å²) in [7, 11) is 1.85. The van der Waals surface area contributed by atoms with Gasteiger partial charge >= 0.3 is 0 Å². The fourth-order valence-corrected chi connectivity index (χ4v) is 3.74. The lowest BCUT2D eigenvalue weighted by Crippen LogP contribution is -2.56. The smallest absolute Gasteiger partial charge is 0.239 e. The minimum Gasteiger partial charge on any atom is -0.341 e. The van der Waals surface area contributed by atoms with Gasteiger partial charge in [0.1, 0.15) is 0 Å². The molecule has 0 spiro atoms. The number of likely N-dealkylation sites (tertiary alicyclic amines) is 1. The Morgan fingerprint density at radius 3 is 2.32 bits per heavy atom. The van der Waals surface area contributed by atoms with Crippen LogP contribution in [-0.2, 0) is 23.1 Å². The van der Waals surface area contributed by atoms with Gasteiger partial charge in [-0.25, -0.2) is 0 Å². The van der Waals surface area contributed by atoms with Gasteiger partial charge in [0, 0.05) is 52.5 Å². The van der Waals surface area contributed by atoms with E-state index in [0.29, 0.717) is 19.5 Å². The van der Waals surface area contributed by atoms with Crippen LogP contribution in [0.5, 0.6) is 0 Å². The van der Waals surface area contributed by atoms with Crippen LogP contribution in [0.25, 0.3) is 0 Å². The molecule has 3 heterocycles. The zero-order valence-corrected chi connectivity index (χ0v) is 15.4. The van der Waals surface area contributed by atoms with Crippen LogP contribution in [0, 0.1) is 0 Å². The fourth-order valence-electron chi connectivity index (χ4n) is 3.74. The third kappa shape index (κ3) is 4.39. The highest BCUT2D eigenvalue weighted by molar-refractivity contribution is 5.82. The topological polar surface area (TPSA) is 61.7 Å². The molecule has 2 aliphatic heterocycles. The number of aryl methyl sites for hydroxylation is 1. The maximum absolute atomic E-state index is 12.7. The van der Waals surface area contributed by atoms with Crippen molar-refractivity contribution in [1.82, 2.24) is 24.5 Å². The maximum Gasteiger partial charge on any atom is 0.239 e. The minimum atomic E-state index is -0.0892. The summed E-state index contributed by atoms with van der Waals surface area (Å²) >= 11 is 0. The predicted molar refractivity (Wildman–Crippen MR) is 95.0 cm³/mol. The minimum absolute atomic E-state index is 0.0892. The van der Waals surface area contributed by atoms with Crippen molar-refractivity contribution in [2.45, 2.75) is 38.6 Å². The van der Waals surface area contributed by atoms with E-state index < -0.39 is 0 Å². The fraction of sp³-hybridized carbons (Fsp3) is 0.722. The van der Waals surface area contributed by atoms with Gasteiger partial charge in [-0.3, -0.25) is 19.2 Å². The molecule has 0 saturated carbocycles. The Labute approximate surface area is 149 Å². The summed E-state index contributed by atoms with van der Waals surface area (Å²) in [5.41, 5.74) is 0.948. The maximum atomic E-state index is 12.7. The second-order valence-corrected chi connectivity index (χ2v) is 7.18. The number of nitrogens with zero attached hydrogens (tertiary/aromatic N) is 5. The third-order valence-corrected chi connectivity index (χ3v) is 5.35. The summed E-state index contributed by atoms with van der Waals surface area (Å²) < 4.78 is 1.72. The Balaban J connectivity index is 1.47. The van der Waals surface area contributed by atoms with Crippen LogP contribution in [0.15, 0.2) is 12.4 Å². The SMILES string of the molecule is C[C@@H](C(=O)N1CCCCC1)N1CCN(C(=O)Cc2cnn(C)c2)CC1. The second kappa shape index (κ2) is 7.99. The molecular formula is C18H29N5O2. The molecule has 1 atom stereocenters. The monoisotopic (exact) mass is 347 g/mol. The molecule has 1 aromatic rings. The van der Waals surface area contributed by atoms with E-state index in [9.17, 15) is 9.59 Å². The zero-order chi connectivity index (χ0) is 17.8. The first-order chi connectivity index (χ1) is 12.0. The molecule has 0 unspecified atom stereocenters. The summed E-state index contributed by atoms with van der Waals surface area (Å²) in [6.45, 7) is 6.70. The van der Waals surface area contributed by atoms with Crippen molar-refractivity contribution in [1.29, 1.82) is 0 Å². The molecule has 7 nitrogen and oxygen atoms in total. The number of piperazine rings is 1. The van der Waals surface area contributed by atoms with Crippen molar-refractivity contribution in [3.8, 4) is 0 Å². The first-order valence-electron chi connectivity index (χ1n) is 9.33. The standard InChI is InChI=1S/C18H29N5O2/c1-15(18(25)23-6-4-3-5-7-23)21-8-10-22(11-9-21)17(24)12-16-13-19-20(2)14-16/h13-15H,3-12H2,1-2H3/t15-/m0/s1. The van der Waals surface area contributed by atoms with E-state index >= 15 is 0 Å². The summed E-state index contributed by atoms with van der Waals surface area (Å²) in [5, 5.41) is 4.11. The van der Waals surface area contributed by atoms with Crippen LogP contribution in [0.3, 0.4) is 0 Å². The molecule has 2 aliphatic rings. The van der Waals surface area contributed by atoms with E-state index in [0.717, 1.165) is 44.6 Å². The Morgan fingerprint density at radius 1 is 1.04 bits per heavy atom. The van der Waals surface area contributed by atoms with E-state index in [1.807, 2.05) is 30.0 Å². The van der Waals surface area contributed by atoms with Crippen LogP contribution in [-0.4, -0.2) is 81.6 Å². The molecule has 0 N–H and O–H groups in total. The average molecular weight is 347 g/mol. The molecule has 2 fully saturated rings. The van der Waals surface area contributed by atoms with Crippen molar-refractivity contribution in [3.63, 3.8) is 0 Å². The van der Waals surface area contributed by atoms with E-state index in [1.54, 1.807) is 10.9 Å². The number of carbonyl (C=O) groups excluding carboxylic acids is 2. The highest BCUT2D eigenvalue weighted by Crippen LogP contribution is 2.14. The number of carbonyl (C=O) groups is 2. The Bertz CT molecular complexity index is 600. The van der Waals surface area contributed by atoms with E-state index in [4.69, 9.17) is 0 Å². The number of amides is 2. The quantitative estimate of drug-likeness (QED) is 0.796. The lowest BCUT2D eigenvalue weighted by Gasteiger charge is -2.39. The molecule has 3 rings (SSSR count). The molecule has 0 bridgehead atoms. The van der Waals surface area contributed by atoms with Gasteiger partial charge in [-0.05, 0) is 31.7 Å². The number of hydrogen-bond donors (Lipinski definition) is 0. The molecule has 1 aromatic heterocycles. The number of hydrogen-bond acceptors (Lipinski definition) is 4. The Hall–Kier alpha value is -1.89. The van der Waals surface area contributed by atoms with Crippen molar-refractivity contribution >= 4 is 11.8 Å². The molecular weight excluding hydrogens is 318 g/mol. The molecule has 0 aliphatic carbocycles. The Morgan fingerprint density at radius 2 is 1.72 bits per heavy atom. The molecule has 0 aromatic carbocycles. The van der Waals surface area contributed by atoms with Crippen molar-refractivity contribution in [2.24, 2.45) is 7.05 Å². The summed E-state index contributed by atoms with van der Waals surface area (Å²) in [4.78, 5) is 31.2. The van der Waals surface area contributed by atoms with Gasteiger partial charge in [0.15, 0.2) is 0 Å². The Kier molecular flexibility index (Phi) is 5.73. The van der Waals surface area contributed by atoms with Crippen molar-refractivity contribution in [3.05, 3.63) is 18.0 Å². The second-order valence-electron chi connectivity index (χ2n) is 7.18. The molecule has 0 radical (unpaired) electrons. The third-order valence-electron chi connectivity index (χ3n) is 5.35. The molecule has 2 amide bonds. The molecule has 25 heavy (non-hydrogen) atoms. The van der Waals surface area contributed by atoms with Crippen LogP contribution in [0.2, 0.25) is 0 Å². The van der Waals surface area contributed by atoms with Crippen molar-refractivity contribution in [2.75, 3.05) is 39.3 Å². The molecule has 2 saturated heterocycles. The normalized spacial score (nSPS) is 20.6. The molecule has 138 valence electrons.